The van der Waals surface area contributed by atoms with E-state index in [1.807, 2.05) is 12.1 Å². The maximum Gasteiger partial charge on any atom is 0.151 e. The number of rotatable bonds is 2. The van der Waals surface area contributed by atoms with Gasteiger partial charge in [-0.15, -0.1) is 5.10 Å². The minimum atomic E-state index is -0.0531. The molecule has 0 aromatic carbocycles. The van der Waals surface area contributed by atoms with Crippen LogP contribution in [0.4, 0.5) is 5.82 Å². The first-order valence-corrected chi connectivity index (χ1v) is 6.20. The molecule has 1 aliphatic heterocycles. The Morgan fingerprint density at radius 1 is 1.35 bits per heavy atom. The van der Waals surface area contributed by atoms with Crippen molar-refractivity contribution in [3.63, 3.8) is 0 Å². The summed E-state index contributed by atoms with van der Waals surface area (Å²) in [5.74, 6) is 0.905. The number of fused-ring (bicyclic) bond motifs is 1. The fourth-order valence-corrected chi connectivity index (χ4v) is 2.80. The monoisotopic (exact) mass is 235 g/mol. The van der Waals surface area contributed by atoms with Crippen LogP contribution in [0.2, 0.25) is 0 Å². The summed E-state index contributed by atoms with van der Waals surface area (Å²) in [4.78, 5) is 2.30. The third-order valence-electron chi connectivity index (χ3n) is 3.64. The first-order chi connectivity index (χ1) is 8.38. The molecule has 1 aromatic heterocycles. The van der Waals surface area contributed by atoms with Crippen molar-refractivity contribution in [2.45, 2.75) is 38.0 Å². The summed E-state index contributed by atoms with van der Waals surface area (Å²) in [5, 5.41) is 17.2. The van der Waals surface area contributed by atoms with Crippen LogP contribution in [0.15, 0.2) is 12.1 Å². The molecule has 0 spiro atoms. The van der Waals surface area contributed by atoms with Crippen molar-refractivity contribution < 1.29 is 9.84 Å². The number of morpholine rings is 1. The van der Waals surface area contributed by atoms with Crippen LogP contribution in [0.25, 0.3) is 0 Å². The van der Waals surface area contributed by atoms with Gasteiger partial charge in [-0.25, -0.2) is 0 Å². The van der Waals surface area contributed by atoms with E-state index in [-0.39, 0.29) is 6.61 Å². The Bertz CT molecular complexity index is 382. The number of anilines is 1. The highest BCUT2D eigenvalue weighted by Crippen LogP contribution is 2.31. The van der Waals surface area contributed by atoms with Crippen molar-refractivity contribution in [2.24, 2.45) is 0 Å². The number of aliphatic hydroxyl groups excluding tert-OH is 1. The number of ether oxygens (including phenoxy) is 1. The molecule has 5 heteroatoms. The fourth-order valence-electron chi connectivity index (χ4n) is 2.80. The van der Waals surface area contributed by atoms with E-state index >= 15 is 0 Å². The topological polar surface area (TPSA) is 58.5 Å². The Hall–Kier alpha value is -1.20. The first-order valence-electron chi connectivity index (χ1n) is 6.20. The van der Waals surface area contributed by atoms with Crippen LogP contribution in [0.5, 0.6) is 0 Å². The molecule has 1 N–H and O–H groups in total. The largest absolute Gasteiger partial charge is 0.390 e. The lowest BCUT2D eigenvalue weighted by Gasteiger charge is -2.38. The molecule has 1 aromatic rings. The van der Waals surface area contributed by atoms with Crippen LogP contribution in [0.3, 0.4) is 0 Å². The maximum atomic E-state index is 8.95. The SMILES string of the molecule is OCc1ccc(N2CCOC3CCCC32)nn1. The van der Waals surface area contributed by atoms with Gasteiger partial charge in [0.1, 0.15) is 0 Å². The van der Waals surface area contributed by atoms with Gasteiger partial charge in [0.25, 0.3) is 0 Å². The van der Waals surface area contributed by atoms with Gasteiger partial charge in [-0.3, -0.25) is 0 Å². The molecule has 92 valence electrons. The normalized spacial score (nSPS) is 28.2. The molecule has 1 saturated heterocycles. The standard InChI is InChI=1S/C12H17N3O2/c16-8-9-4-5-12(14-13-9)15-6-7-17-11-3-1-2-10(11)15/h4-5,10-11,16H,1-3,6-8H2. The van der Waals surface area contributed by atoms with Crippen molar-refractivity contribution in [1.82, 2.24) is 10.2 Å². The molecular weight excluding hydrogens is 218 g/mol. The van der Waals surface area contributed by atoms with Crippen molar-refractivity contribution in [3.05, 3.63) is 17.8 Å². The van der Waals surface area contributed by atoms with Gasteiger partial charge in [0.15, 0.2) is 5.82 Å². The first kappa shape index (κ1) is 10.9. The summed E-state index contributed by atoms with van der Waals surface area (Å²) in [6.45, 7) is 1.60. The Morgan fingerprint density at radius 3 is 3.06 bits per heavy atom. The Balaban J connectivity index is 1.81. The molecular formula is C12H17N3O2. The summed E-state index contributed by atoms with van der Waals surface area (Å²) in [6, 6.07) is 4.24. The fraction of sp³-hybridized carbons (Fsp3) is 0.667. The van der Waals surface area contributed by atoms with E-state index in [0.717, 1.165) is 25.4 Å². The maximum absolute atomic E-state index is 8.95. The summed E-state index contributed by atoms with van der Waals surface area (Å²) in [5.41, 5.74) is 0.616. The molecule has 1 aliphatic carbocycles. The van der Waals surface area contributed by atoms with Crippen LogP contribution < -0.4 is 4.90 Å². The minimum absolute atomic E-state index is 0.0531. The Morgan fingerprint density at radius 2 is 2.29 bits per heavy atom. The second-order valence-electron chi connectivity index (χ2n) is 4.64. The molecule has 0 radical (unpaired) electrons. The van der Waals surface area contributed by atoms with Crippen molar-refractivity contribution in [2.75, 3.05) is 18.1 Å². The second kappa shape index (κ2) is 4.58. The third kappa shape index (κ3) is 2.00. The lowest BCUT2D eigenvalue weighted by atomic mass is 10.1. The van der Waals surface area contributed by atoms with Crippen LogP contribution in [-0.2, 0) is 11.3 Å². The van der Waals surface area contributed by atoms with Crippen LogP contribution in [0, 0.1) is 0 Å². The molecule has 5 nitrogen and oxygen atoms in total. The summed E-state index contributed by atoms with van der Waals surface area (Å²) in [7, 11) is 0. The van der Waals surface area contributed by atoms with Gasteiger partial charge in [-0.05, 0) is 31.4 Å². The summed E-state index contributed by atoms with van der Waals surface area (Å²) >= 11 is 0. The average molecular weight is 235 g/mol. The lowest BCUT2D eigenvalue weighted by molar-refractivity contribution is 0.0252. The molecule has 2 fully saturated rings. The van der Waals surface area contributed by atoms with Gasteiger partial charge in [0, 0.05) is 6.54 Å². The van der Waals surface area contributed by atoms with Crippen molar-refractivity contribution in [1.29, 1.82) is 0 Å². The van der Waals surface area contributed by atoms with E-state index < -0.39 is 0 Å². The molecule has 3 rings (SSSR count). The molecule has 2 atom stereocenters. The van der Waals surface area contributed by atoms with Crippen LogP contribution in [-0.4, -0.2) is 40.6 Å². The highest BCUT2D eigenvalue weighted by atomic mass is 16.5. The van der Waals surface area contributed by atoms with Gasteiger partial charge in [-0.1, -0.05) is 0 Å². The smallest absolute Gasteiger partial charge is 0.151 e. The minimum Gasteiger partial charge on any atom is -0.390 e. The van der Waals surface area contributed by atoms with Gasteiger partial charge in [0.2, 0.25) is 0 Å². The predicted octanol–water partition coefficient (Wildman–Crippen LogP) is 0.727. The number of hydrogen-bond acceptors (Lipinski definition) is 5. The van der Waals surface area contributed by atoms with E-state index in [2.05, 4.69) is 15.1 Å². The van der Waals surface area contributed by atoms with E-state index in [0.29, 0.717) is 17.8 Å². The highest BCUT2D eigenvalue weighted by molar-refractivity contribution is 5.40. The molecule has 0 amide bonds. The molecule has 2 heterocycles. The summed E-state index contributed by atoms with van der Waals surface area (Å²) < 4.78 is 5.77. The Labute approximate surface area is 100 Å². The van der Waals surface area contributed by atoms with E-state index in [1.165, 1.54) is 12.8 Å². The van der Waals surface area contributed by atoms with Gasteiger partial charge in [0.05, 0.1) is 31.1 Å². The molecule has 2 unspecified atom stereocenters. The molecule has 1 saturated carbocycles. The zero-order valence-corrected chi connectivity index (χ0v) is 9.75. The van der Waals surface area contributed by atoms with Crippen LogP contribution >= 0.6 is 0 Å². The number of hydrogen-bond donors (Lipinski definition) is 1. The highest BCUT2D eigenvalue weighted by Gasteiger charge is 2.36. The van der Waals surface area contributed by atoms with Gasteiger partial charge >= 0.3 is 0 Å². The molecule has 2 aliphatic rings. The van der Waals surface area contributed by atoms with Crippen molar-refractivity contribution in [3.8, 4) is 0 Å². The zero-order valence-electron chi connectivity index (χ0n) is 9.75. The zero-order chi connectivity index (χ0) is 11.7. The molecule has 0 bridgehead atoms. The molecule has 17 heavy (non-hydrogen) atoms. The predicted molar refractivity (Wildman–Crippen MR) is 62.7 cm³/mol. The Kier molecular flexibility index (Phi) is 2.94. The van der Waals surface area contributed by atoms with E-state index in [4.69, 9.17) is 9.84 Å². The second-order valence-corrected chi connectivity index (χ2v) is 4.64. The van der Waals surface area contributed by atoms with Crippen molar-refractivity contribution >= 4 is 5.82 Å². The number of aliphatic hydroxyl groups is 1. The van der Waals surface area contributed by atoms with E-state index in [9.17, 15) is 0 Å². The number of aromatic nitrogens is 2. The van der Waals surface area contributed by atoms with Gasteiger partial charge < -0.3 is 14.7 Å². The third-order valence-corrected chi connectivity index (χ3v) is 3.64. The lowest BCUT2D eigenvalue weighted by Crippen LogP contribution is -2.49. The summed E-state index contributed by atoms with van der Waals surface area (Å²) in [6.07, 6.45) is 3.92. The van der Waals surface area contributed by atoms with Crippen LogP contribution in [0.1, 0.15) is 25.0 Å². The van der Waals surface area contributed by atoms with E-state index in [1.54, 1.807) is 0 Å². The number of nitrogens with zero attached hydrogens (tertiary/aromatic N) is 3. The quantitative estimate of drug-likeness (QED) is 0.818. The average Bonchev–Trinajstić information content (AvgIpc) is 2.87. The van der Waals surface area contributed by atoms with Gasteiger partial charge in [-0.2, -0.15) is 5.10 Å².